The van der Waals surface area contributed by atoms with Gasteiger partial charge in [0.25, 0.3) is 0 Å². The molecule has 0 fully saturated rings. The van der Waals surface area contributed by atoms with E-state index in [1.165, 1.54) is 5.39 Å². The van der Waals surface area contributed by atoms with E-state index in [-0.39, 0.29) is 0 Å². The van der Waals surface area contributed by atoms with Gasteiger partial charge in [0.05, 0.1) is 12.8 Å². The molecule has 1 aromatic carbocycles. The van der Waals surface area contributed by atoms with Crippen molar-refractivity contribution in [1.29, 1.82) is 0 Å². The van der Waals surface area contributed by atoms with Crippen molar-refractivity contribution in [2.75, 3.05) is 13.7 Å². The van der Waals surface area contributed by atoms with Gasteiger partial charge in [-0.25, -0.2) is 4.98 Å². The summed E-state index contributed by atoms with van der Waals surface area (Å²) in [7, 11) is 1.67. The fourth-order valence-corrected chi connectivity index (χ4v) is 1.96. The molecule has 18 heavy (non-hydrogen) atoms. The molecule has 2 rings (SSSR count). The number of nitrogens with one attached hydrogen (secondary N) is 1. The monoisotopic (exact) mass is 244 g/mol. The Morgan fingerprint density at radius 2 is 2.06 bits per heavy atom. The zero-order valence-electron chi connectivity index (χ0n) is 11.2. The third-order valence-electron chi connectivity index (χ3n) is 2.81. The van der Waals surface area contributed by atoms with Gasteiger partial charge in [-0.2, -0.15) is 0 Å². The Morgan fingerprint density at radius 1 is 1.28 bits per heavy atom. The van der Waals surface area contributed by atoms with Gasteiger partial charge in [0, 0.05) is 11.9 Å². The van der Waals surface area contributed by atoms with Crippen LogP contribution in [0.2, 0.25) is 0 Å². The van der Waals surface area contributed by atoms with E-state index >= 15 is 0 Å². The minimum absolute atomic E-state index is 0.646. The molecule has 0 saturated carbocycles. The Labute approximate surface area is 108 Å². The molecule has 96 valence electrons. The lowest BCUT2D eigenvalue weighted by Crippen LogP contribution is -2.19. The number of pyridine rings is 1. The Kier molecular flexibility index (Phi) is 4.15. The largest absolute Gasteiger partial charge is 0.481 e. The zero-order chi connectivity index (χ0) is 13.0. The van der Waals surface area contributed by atoms with Gasteiger partial charge in [0.2, 0.25) is 5.88 Å². The molecule has 3 heteroatoms. The number of fused-ring (bicyclic) bond motifs is 1. The van der Waals surface area contributed by atoms with Crippen molar-refractivity contribution in [3.63, 3.8) is 0 Å². The van der Waals surface area contributed by atoms with Gasteiger partial charge in [0.15, 0.2) is 0 Å². The van der Waals surface area contributed by atoms with E-state index in [1.807, 2.05) is 18.2 Å². The number of ether oxygens (including phenoxy) is 1. The molecule has 1 N–H and O–H groups in total. The molecule has 0 aliphatic heterocycles. The lowest BCUT2D eigenvalue weighted by Gasteiger charge is -2.10. The average molecular weight is 244 g/mol. The molecule has 0 amide bonds. The maximum absolute atomic E-state index is 5.36. The Morgan fingerprint density at radius 3 is 2.78 bits per heavy atom. The summed E-state index contributed by atoms with van der Waals surface area (Å²) in [6.45, 7) is 6.17. The molecule has 0 atom stereocenters. The van der Waals surface area contributed by atoms with Gasteiger partial charge in [-0.3, -0.25) is 0 Å². The van der Waals surface area contributed by atoms with Crippen LogP contribution < -0.4 is 10.1 Å². The average Bonchev–Trinajstić information content (AvgIpc) is 2.37. The smallest absolute Gasteiger partial charge is 0.221 e. The fraction of sp³-hybridized carbons (Fsp3) is 0.400. The molecule has 0 bridgehead atoms. The van der Waals surface area contributed by atoms with E-state index < -0.39 is 0 Å². The van der Waals surface area contributed by atoms with Gasteiger partial charge in [-0.1, -0.05) is 32.0 Å². The number of nitrogens with zero attached hydrogens (tertiary/aromatic N) is 1. The molecule has 2 aromatic rings. The van der Waals surface area contributed by atoms with Crippen LogP contribution in [0.4, 0.5) is 0 Å². The van der Waals surface area contributed by atoms with Crippen molar-refractivity contribution in [3.8, 4) is 5.88 Å². The first-order valence-corrected chi connectivity index (χ1v) is 6.34. The van der Waals surface area contributed by atoms with E-state index in [1.54, 1.807) is 7.11 Å². The highest BCUT2D eigenvalue weighted by atomic mass is 16.5. The van der Waals surface area contributed by atoms with E-state index in [9.17, 15) is 0 Å². The van der Waals surface area contributed by atoms with Gasteiger partial charge in [0.1, 0.15) is 0 Å². The first kappa shape index (κ1) is 12.8. The molecule has 0 saturated heterocycles. The Balaban J connectivity index is 2.24. The lowest BCUT2D eigenvalue weighted by molar-refractivity contribution is 0.401. The molecule has 0 aliphatic carbocycles. The van der Waals surface area contributed by atoms with E-state index in [0.717, 1.165) is 24.2 Å². The van der Waals surface area contributed by atoms with Crippen LogP contribution in [0.15, 0.2) is 30.3 Å². The number of benzene rings is 1. The van der Waals surface area contributed by atoms with Crippen LogP contribution in [0.3, 0.4) is 0 Å². The van der Waals surface area contributed by atoms with Crippen molar-refractivity contribution >= 4 is 10.8 Å². The highest BCUT2D eigenvalue weighted by Crippen LogP contribution is 2.23. The van der Waals surface area contributed by atoms with Crippen LogP contribution in [-0.4, -0.2) is 18.6 Å². The van der Waals surface area contributed by atoms with Crippen LogP contribution >= 0.6 is 0 Å². The van der Waals surface area contributed by atoms with Crippen LogP contribution in [0, 0.1) is 5.92 Å². The van der Waals surface area contributed by atoms with E-state index in [4.69, 9.17) is 4.74 Å². The van der Waals surface area contributed by atoms with Crippen LogP contribution in [0.1, 0.15) is 19.5 Å². The van der Waals surface area contributed by atoms with Crippen molar-refractivity contribution < 1.29 is 4.74 Å². The minimum atomic E-state index is 0.646. The topological polar surface area (TPSA) is 34.1 Å². The van der Waals surface area contributed by atoms with E-state index in [2.05, 4.69) is 36.3 Å². The predicted octanol–water partition coefficient (Wildman–Crippen LogP) is 2.99. The second kappa shape index (κ2) is 5.83. The molecule has 0 unspecified atom stereocenters. The lowest BCUT2D eigenvalue weighted by atomic mass is 10.1. The van der Waals surface area contributed by atoms with Crippen LogP contribution in [0.25, 0.3) is 10.8 Å². The summed E-state index contributed by atoms with van der Waals surface area (Å²) in [6, 6.07) is 10.3. The fourth-order valence-electron chi connectivity index (χ4n) is 1.96. The number of hydrogen-bond donors (Lipinski definition) is 1. The van der Waals surface area contributed by atoms with E-state index in [0.29, 0.717) is 11.8 Å². The molecule has 3 nitrogen and oxygen atoms in total. The predicted molar refractivity (Wildman–Crippen MR) is 74.8 cm³/mol. The normalized spacial score (nSPS) is 11.1. The van der Waals surface area contributed by atoms with Crippen molar-refractivity contribution in [3.05, 3.63) is 36.0 Å². The summed E-state index contributed by atoms with van der Waals surface area (Å²) in [5.74, 6) is 1.35. The van der Waals surface area contributed by atoms with Gasteiger partial charge < -0.3 is 10.1 Å². The summed E-state index contributed by atoms with van der Waals surface area (Å²) in [6.07, 6.45) is 0. The highest BCUT2D eigenvalue weighted by molar-refractivity contribution is 5.87. The molecule has 0 spiro atoms. The first-order chi connectivity index (χ1) is 8.70. The zero-order valence-corrected chi connectivity index (χ0v) is 11.2. The Hall–Kier alpha value is -1.61. The highest BCUT2D eigenvalue weighted by Gasteiger charge is 2.05. The quantitative estimate of drug-likeness (QED) is 0.878. The minimum Gasteiger partial charge on any atom is -0.481 e. The second-order valence-electron chi connectivity index (χ2n) is 4.87. The van der Waals surface area contributed by atoms with Gasteiger partial charge >= 0.3 is 0 Å². The second-order valence-corrected chi connectivity index (χ2v) is 4.87. The van der Waals surface area contributed by atoms with Crippen molar-refractivity contribution in [2.45, 2.75) is 20.4 Å². The number of aromatic nitrogens is 1. The molecule has 1 aromatic heterocycles. The van der Waals surface area contributed by atoms with Crippen molar-refractivity contribution in [2.24, 2.45) is 5.92 Å². The SMILES string of the molecule is COc1nc(CNCC(C)C)cc2ccccc12. The maximum atomic E-state index is 5.36. The molecule has 0 aliphatic rings. The number of rotatable bonds is 5. The summed E-state index contributed by atoms with van der Waals surface area (Å²) in [5.41, 5.74) is 1.02. The molecule has 0 radical (unpaired) electrons. The third-order valence-corrected chi connectivity index (χ3v) is 2.81. The Bertz CT molecular complexity index is 523. The third kappa shape index (κ3) is 2.99. The van der Waals surface area contributed by atoms with Crippen LogP contribution in [-0.2, 0) is 6.54 Å². The summed E-state index contributed by atoms with van der Waals surface area (Å²) in [4.78, 5) is 4.53. The number of methoxy groups -OCH3 is 1. The summed E-state index contributed by atoms with van der Waals surface area (Å²) >= 11 is 0. The number of hydrogen-bond acceptors (Lipinski definition) is 3. The molecule has 1 heterocycles. The molecular weight excluding hydrogens is 224 g/mol. The first-order valence-electron chi connectivity index (χ1n) is 6.34. The van der Waals surface area contributed by atoms with Crippen LogP contribution in [0.5, 0.6) is 5.88 Å². The van der Waals surface area contributed by atoms with Gasteiger partial charge in [-0.05, 0) is 30.0 Å². The summed E-state index contributed by atoms with van der Waals surface area (Å²) in [5, 5.41) is 5.63. The maximum Gasteiger partial charge on any atom is 0.221 e. The summed E-state index contributed by atoms with van der Waals surface area (Å²) < 4.78 is 5.36. The van der Waals surface area contributed by atoms with Gasteiger partial charge in [-0.15, -0.1) is 0 Å². The molecular formula is C15H20N2O. The van der Waals surface area contributed by atoms with Crippen molar-refractivity contribution in [1.82, 2.24) is 10.3 Å². The standard InChI is InChI=1S/C15H20N2O/c1-11(2)9-16-10-13-8-12-6-4-5-7-14(12)15(17-13)18-3/h4-8,11,16H,9-10H2,1-3H3.